The molecular formula is C9H12INO4S. The first-order valence-corrected chi connectivity index (χ1v) is 7.66. The highest BCUT2D eigenvalue weighted by molar-refractivity contribution is 14.2. The molecule has 7 heteroatoms. The Kier molecular flexibility index (Phi) is 7.33. The molecule has 0 aliphatic heterocycles. The summed E-state index contributed by atoms with van der Waals surface area (Å²) in [6, 6.07) is 0. The number of hydrogen-bond donors (Lipinski definition) is 1. The molecule has 0 aromatic rings. The lowest BCUT2D eigenvalue weighted by atomic mass is 9.98. The van der Waals surface area contributed by atoms with Crippen molar-refractivity contribution in [2.75, 3.05) is 14.2 Å². The molecular weight excluding hydrogens is 345 g/mol. The molecule has 0 heterocycles. The molecule has 1 amide bonds. The summed E-state index contributed by atoms with van der Waals surface area (Å²) in [4.78, 5) is 22.8. The second-order valence-electron chi connectivity index (χ2n) is 2.67. The van der Waals surface area contributed by atoms with E-state index in [1.165, 1.54) is 23.2 Å². The minimum absolute atomic E-state index is 0.291. The molecule has 0 aromatic carbocycles. The van der Waals surface area contributed by atoms with E-state index < -0.39 is 17.6 Å². The maximum absolute atomic E-state index is 11.6. The van der Waals surface area contributed by atoms with E-state index in [0.717, 1.165) is 0 Å². The highest BCUT2D eigenvalue weighted by atomic mass is 127. The van der Waals surface area contributed by atoms with Gasteiger partial charge in [0, 0.05) is 21.2 Å². The van der Waals surface area contributed by atoms with Crippen molar-refractivity contribution in [3.8, 4) is 11.2 Å². The van der Waals surface area contributed by atoms with Crippen molar-refractivity contribution in [3.05, 3.63) is 0 Å². The first-order chi connectivity index (χ1) is 7.56. The van der Waals surface area contributed by atoms with Crippen LogP contribution in [0.1, 0.15) is 13.3 Å². The Morgan fingerprint density at radius 3 is 2.44 bits per heavy atom. The Labute approximate surface area is 111 Å². The lowest BCUT2D eigenvalue weighted by Gasteiger charge is -2.24. The fourth-order valence-electron chi connectivity index (χ4n) is 0.960. The zero-order chi connectivity index (χ0) is 12.6. The zero-order valence-electron chi connectivity index (χ0n) is 9.13. The summed E-state index contributed by atoms with van der Waals surface area (Å²) in [6.07, 6.45) is -0.432. The van der Waals surface area contributed by atoms with Crippen LogP contribution in [0.3, 0.4) is 0 Å². The second-order valence-corrected chi connectivity index (χ2v) is 4.35. The van der Waals surface area contributed by atoms with Crippen LogP contribution in [0.5, 0.6) is 0 Å². The van der Waals surface area contributed by atoms with Gasteiger partial charge in [-0.3, -0.25) is 5.32 Å². The predicted octanol–water partition coefficient (Wildman–Crippen LogP) is 1.71. The van der Waals surface area contributed by atoms with E-state index in [1.54, 1.807) is 6.92 Å². The molecule has 5 nitrogen and oxygen atoms in total. The van der Waals surface area contributed by atoms with Gasteiger partial charge in [-0.2, -0.15) is 0 Å². The molecule has 0 rings (SSSR count). The number of nitrogens with one attached hydrogen (secondary N) is 1. The van der Waals surface area contributed by atoms with E-state index in [-0.39, 0.29) is 0 Å². The summed E-state index contributed by atoms with van der Waals surface area (Å²) < 4.78 is 9.07. The molecule has 90 valence electrons. The summed E-state index contributed by atoms with van der Waals surface area (Å²) in [5.41, 5.74) is -1.35. The monoisotopic (exact) mass is 357 g/mol. The standard InChI is InChI=1S/C9H12INO4S/c1-4-9(5-6-16-10,7(12)14-2)11-8(13)15-3/h4H2,1-3H3,(H,11,13). The molecule has 0 bridgehead atoms. The third-order valence-corrected chi connectivity index (χ3v) is 2.71. The fraction of sp³-hybridized carbons (Fsp3) is 0.556. The molecule has 0 saturated carbocycles. The first-order valence-electron chi connectivity index (χ1n) is 4.30. The number of esters is 1. The van der Waals surface area contributed by atoms with E-state index >= 15 is 0 Å². The number of halogens is 1. The quantitative estimate of drug-likeness (QED) is 0.473. The lowest BCUT2D eigenvalue weighted by molar-refractivity contribution is -0.145. The van der Waals surface area contributed by atoms with Crippen LogP contribution in [0.4, 0.5) is 4.79 Å². The minimum Gasteiger partial charge on any atom is -0.467 e. The molecule has 1 atom stereocenters. The Hall–Kier alpha value is -0.620. The first kappa shape index (κ1) is 15.4. The number of amides is 1. The number of ether oxygens (including phenoxy) is 2. The number of methoxy groups -OCH3 is 2. The van der Waals surface area contributed by atoms with Gasteiger partial charge in [-0.1, -0.05) is 6.92 Å². The molecule has 0 aliphatic rings. The van der Waals surface area contributed by atoms with E-state index in [1.807, 2.05) is 21.2 Å². The Balaban J connectivity index is 5.11. The van der Waals surface area contributed by atoms with Crippen molar-refractivity contribution >= 4 is 42.2 Å². The summed E-state index contributed by atoms with van der Waals surface area (Å²) in [6.45, 7) is 1.72. The molecule has 16 heavy (non-hydrogen) atoms. The van der Waals surface area contributed by atoms with Gasteiger partial charge in [0.15, 0.2) is 0 Å². The number of carbonyl (C=O) groups excluding carboxylic acids is 2. The molecule has 0 radical (unpaired) electrons. The topological polar surface area (TPSA) is 64.6 Å². The van der Waals surface area contributed by atoms with Crippen LogP contribution in [0.15, 0.2) is 0 Å². The van der Waals surface area contributed by atoms with Crippen molar-refractivity contribution in [2.45, 2.75) is 18.9 Å². The van der Waals surface area contributed by atoms with Crippen molar-refractivity contribution in [3.63, 3.8) is 0 Å². The molecule has 0 aliphatic carbocycles. The van der Waals surface area contributed by atoms with Gasteiger partial charge in [0.25, 0.3) is 0 Å². The molecule has 0 saturated heterocycles. The van der Waals surface area contributed by atoms with Gasteiger partial charge in [-0.05, 0) is 26.5 Å². The average Bonchev–Trinajstić information content (AvgIpc) is 2.33. The summed E-state index contributed by atoms with van der Waals surface area (Å²) in [5, 5.41) is 5.06. The van der Waals surface area contributed by atoms with Gasteiger partial charge in [0.2, 0.25) is 5.54 Å². The number of carbonyl (C=O) groups is 2. The SMILES string of the molecule is CCC(C#CSI)(NC(=O)OC)C(=O)OC. The van der Waals surface area contributed by atoms with Gasteiger partial charge in [0.1, 0.15) is 0 Å². The fourth-order valence-corrected chi connectivity index (χ4v) is 1.50. The maximum atomic E-state index is 11.6. The van der Waals surface area contributed by atoms with Crippen molar-refractivity contribution < 1.29 is 19.1 Å². The molecule has 0 aromatic heterocycles. The van der Waals surface area contributed by atoms with Crippen molar-refractivity contribution in [1.29, 1.82) is 0 Å². The maximum Gasteiger partial charge on any atom is 0.408 e. The highest BCUT2D eigenvalue weighted by Gasteiger charge is 2.38. The van der Waals surface area contributed by atoms with Gasteiger partial charge in [0.05, 0.1) is 14.2 Å². The number of hydrogen-bond acceptors (Lipinski definition) is 5. The third kappa shape index (κ3) is 4.09. The van der Waals surface area contributed by atoms with E-state index in [0.29, 0.717) is 6.42 Å². The Bertz CT molecular complexity index is 325. The normalized spacial score (nSPS) is 12.8. The molecule has 1 N–H and O–H groups in total. The lowest BCUT2D eigenvalue weighted by Crippen LogP contribution is -2.53. The molecule has 1 unspecified atom stereocenters. The van der Waals surface area contributed by atoms with Crippen LogP contribution in [-0.2, 0) is 14.3 Å². The largest absolute Gasteiger partial charge is 0.467 e. The zero-order valence-corrected chi connectivity index (χ0v) is 12.1. The van der Waals surface area contributed by atoms with Gasteiger partial charge < -0.3 is 9.47 Å². The summed E-state index contributed by atoms with van der Waals surface area (Å²) in [5.74, 6) is 2.05. The smallest absolute Gasteiger partial charge is 0.408 e. The Morgan fingerprint density at radius 2 is 2.06 bits per heavy atom. The van der Waals surface area contributed by atoms with Gasteiger partial charge >= 0.3 is 12.1 Å². The number of alkyl carbamates (subject to hydrolysis) is 1. The second kappa shape index (κ2) is 7.62. The van der Waals surface area contributed by atoms with Crippen molar-refractivity contribution in [2.24, 2.45) is 0 Å². The van der Waals surface area contributed by atoms with Crippen LogP contribution in [-0.4, -0.2) is 31.8 Å². The van der Waals surface area contributed by atoms with Crippen LogP contribution in [0.25, 0.3) is 0 Å². The van der Waals surface area contributed by atoms with Crippen molar-refractivity contribution in [1.82, 2.24) is 5.32 Å². The summed E-state index contributed by atoms with van der Waals surface area (Å²) >= 11 is 1.97. The van der Waals surface area contributed by atoms with Crippen LogP contribution in [0.2, 0.25) is 0 Å². The molecule has 0 fully saturated rings. The van der Waals surface area contributed by atoms with Gasteiger partial charge in [-0.25, -0.2) is 9.59 Å². The predicted molar refractivity (Wildman–Crippen MR) is 70.0 cm³/mol. The van der Waals surface area contributed by atoms with Crippen LogP contribution < -0.4 is 5.32 Å². The van der Waals surface area contributed by atoms with Crippen LogP contribution in [0, 0.1) is 11.2 Å². The summed E-state index contributed by atoms with van der Waals surface area (Å²) in [7, 11) is 3.67. The van der Waals surface area contributed by atoms with E-state index in [4.69, 9.17) is 0 Å². The Morgan fingerprint density at radius 1 is 1.44 bits per heavy atom. The van der Waals surface area contributed by atoms with Gasteiger partial charge in [-0.15, -0.1) is 0 Å². The third-order valence-electron chi connectivity index (χ3n) is 1.87. The minimum atomic E-state index is -1.35. The van der Waals surface area contributed by atoms with Crippen LogP contribution >= 0.6 is 30.1 Å². The average molecular weight is 357 g/mol. The van der Waals surface area contributed by atoms with E-state index in [2.05, 4.69) is 26.0 Å². The molecule has 0 spiro atoms. The number of rotatable bonds is 3. The highest BCUT2D eigenvalue weighted by Crippen LogP contribution is 2.15. The van der Waals surface area contributed by atoms with E-state index in [9.17, 15) is 9.59 Å².